The average Bonchev–Trinajstić information content (AvgIpc) is 3.24. The summed E-state index contributed by atoms with van der Waals surface area (Å²) >= 11 is 0. The summed E-state index contributed by atoms with van der Waals surface area (Å²) < 4.78 is 0. The van der Waals surface area contributed by atoms with Gasteiger partial charge in [-0.1, -0.05) is 49.4 Å². The van der Waals surface area contributed by atoms with E-state index >= 15 is 0 Å². The van der Waals surface area contributed by atoms with Crippen molar-refractivity contribution in [2.75, 3.05) is 25.0 Å². The Kier molecular flexibility index (Phi) is 7.57. The van der Waals surface area contributed by atoms with Crippen molar-refractivity contribution in [1.82, 2.24) is 15.5 Å². The van der Waals surface area contributed by atoms with Crippen LogP contribution in [0.15, 0.2) is 54.6 Å². The lowest BCUT2D eigenvalue weighted by Gasteiger charge is -2.22. The second-order valence-electron chi connectivity index (χ2n) is 7.30. The van der Waals surface area contributed by atoms with Crippen molar-refractivity contribution in [3.8, 4) is 0 Å². The lowest BCUT2D eigenvalue weighted by Crippen LogP contribution is -2.43. The topological polar surface area (TPSA) is 90.5 Å². The summed E-state index contributed by atoms with van der Waals surface area (Å²) in [5, 5.41) is 8.11. The zero-order valence-electron chi connectivity index (χ0n) is 17.2. The highest BCUT2D eigenvalue weighted by Gasteiger charge is 2.25. The van der Waals surface area contributed by atoms with E-state index in [1.807, 2.05) is 30.3 Å². The van der Waals surface area contributed by atoms with E-state index in [2.05, 4.69) is 27.8 Å². The van der Waals surface area contributed by atoms with Crippen LogP contribution in [0.25, 0.3) is 0 Å². The molecule has 3 amide bonds. The number of hydrogen-bond acceptors (Lipinski definition) is 4. The van der Waals surface area contributed by atoms with Crippen LogP contribution < -0.4 is 16.0 Å². The molecule has 0 radical (unpaired) electrons. The van der Waals surface area contributed by atoms with Gasteiger partial charge in [-0.15, -0.1) is 0 Å². The van der Waals surface area contributed by atoms with E-state index in [1.165, 1.54) is 0 Å². The molecular weight excluding hydrogens is 380 g/mol. The molecule has 3 N–H and O–H groups in total. The number of carbonyl (C=O) groups is 3. The highest BCUT2D eigenvalue weighted by molar-refractivity contribution is 6.40. The van der Waals surface area contributed by atoms with Crippen LogP contribution >= 0.6 is 0 Å². The Morgan fingerprint density at radius 1 is 0.967 bits per heavy atom. The van der Waals surface area contributed by atoms with Crippen molar-refractivity contribution in [1.29, 1.82) is 0 Å². The van der Waals surface area contributed by atoms with Crippen LogP contribution in [-0.2, 0) is 16.1 Å². The third-order valence-corrected chi connectivity index (χ3v) is 5.33. The SMILES string of the molecule is CCN1CCC[C@@H]1CNC(=O)C(=O)Nc1ccccc1C(=O)NCc1ccccc1. The molecule has 1 aliphatic heterocycles. The number of hydrogen-bond donors (Lipinski definition) is 3. The number of anilines is 1. The average molecular weight is 409 g/mol. The minimum atomic E-state index is -0.778. The number of likely N-dealkylation sites (N-methyl/N-ethyl adjacent to an activating group) is 1. The maximum absolute atomic E-state index is 12.6. The van der Waals surface area contributed by atoms with E-state index in [0.717, 1.165) is 31.5 Å². The second-order valence-corrected chi connectivity index (χ2v) is 7.30. The van der Waals surface area contributed by atoms with Crippen molar-refractivity contribution >= 4 is 23.4 Å². The van der Waals surface area contributed by atoms with E-state index in [1.54, 1.807) is 24.3 Å². The molecule has 1 aliphatic rings. The minimum absolute atomic E-state index is 0.266. The van der Waals surface area contributed by atoms with Gasteiger partial charge in [-0.25, -0.2) is 0 Å². The van der Waals surface area contributed by atoms with Crippen molar-refractivity contribution < 1.29 is 14.4 Å². The van der Waals surface area contributed by atoms with Crippen molar-refractivity contribution in [3.63, 3.8) is 0 Å². The fraction of sp³-hybridized carbons (Fsp3) is 0.348. The van der Waals surface area contributed by atoms with Gasteiger partial charge in [0.25, 0.3) is 5.91 Å². The second kappa shape index (κ2) is 10.5. The summed E-state index contributed by atoms with van der Waals surface area (Å²) in [5.41, 5.74) is 1.58. The van der Waals surface area contributed by atoms with Gasteiger partial charge >= 0.3 is 11.8 Å². The normalized spacial score (nSPS) is 16.1. The minimum Gasteiger partial charge on any atom is -0.348 e. The van der Waals surface area contributed by atoms with Crippen LogP contribution in [0.2, 0.25) is 0 Å². The molecule has 7 nitrogen and oxygen atoms in total. The Morgan fingerprint density at radius 2 is 1.70 bits per heavy atom. The Bertz CT molecular complexity index is 885. The van der Waals surface area contributed by atoms with Crippen LogP contribution in [0, 0.1) is 0 Å². The molecule has 0 saturated carbocycles. The summed E-state index contributed by atoms with van der Waals surface area (Å²) in [4.78, 5) is 39.5. The molecular formula is C23H28N4O3. The molecule has 0 aliphatic carbocycles. The summed E-state index contributed by atoms with van der Waals surface area (Å²) in [6.45, 7) is 4.86. The van der Waals surface area contributed by atoms with Crippen LogP contribution in [0.4, 0.5) is 5.69 Å². The number of amides is 3. The van der Waals surface area contributed by atoms with Gasteiger partial charge < -0.3 is 16.0 Å². The predicted octanol–water partition coefficient (Wildman–Crippen LogP) is 2.16. The fourth-order valence-electron chi connectivity index (χ4n) is 3.68. The Balaban J connectivity index is 1.56. The van der Waals surface area contributed by atoms with Gasteiger partial charge in [-0.3, -0.25) is 19.3 Å². The highest BCUT2D eigenvalue weighted by atomic mass is 16.2. The first kappa shape index (κ1) is 21.5. The third kappa shape index (κ3) is 5.67. The summed E-state index contributed by atoms with van der Waals surface area (Å²) in [6, 6.07) is 16.5. The van der Waals surface area contributed by atoms with E-state index in [0.29, 0.717) is 24.3 Å². The lowest BCUT2D eigenvalue weighted by atomic mass is 10.1. The monoisotopic (exact) mass is 408 g/mol. The van der Waals surface area contributed by atoms with Gasteiger partial charge in [-0.05, 0) is 43.6 Å². The lowest BCUT2D eigenvalue weighted by molar-refractivity contribution is -0.136. The molecule has 1 saturated heterocycles. The maximum atomic E-state index is 12.6. The number of nitrogens with one attached hydrogen (secondary N) is 3. The molecule has 2 aromatic carbocycles. The van der Waals surface area contributed by atoms with Crippen LogP contribution in [0.1, 0.15) is 35.7 Å². The van der Waals surface area contributed by atoms with Gasteiger partial charge in [0.05, 0.1) is 11.3 Å². The van der Waals surface area contributed by atoms with Crippen LogP contribution in [-0.4, -0.2) is 48.3 Å². The Morgan fingerprint density at radius 3 is 2.47 bits per heavy atom. The van der Waals surface area contributed by atoms with Gasteiger partial charge in [0.2, 0.25) is 0 Å². The summed E-state index contributed by atoms with van der Waals surface area (Å²) in [6.07, 6.45) is 2.12. The molecule has 0 unspecified atom stereocenters. The molecule has 0 bridgehead atoms. The molecule has 1 heterocycles. The maximum Gasteiger partial charge on any atom is 0.313 e. The Labute approximate surface area is 176 Å². The highest BCUT2D eigenvalue weighted by Crippen LogP contribution is 2.16. The zero-order valence-corrected chi connectivity index (χ0v) is 17.2. The standard InChI is InChI=1S/C23H28N4O3/c1-2-27-14-8-11-18(27)16-25-22(29)23(30)26-20-13-7-6-12-19(20)21(28)24-15-17-9-4-3-5-10-17/h3-7,9-10,12-13,18H,2,8,11,14-16H2,1H3,(H,24,28)(H,25,29)(H,26,30)/t18-/m1/s1. The Hall–Kier alpha value is -3.19. The molecule has 1 fully saturated rings. The first-order valence-corrected chi connectivity index (χ1v) is 10.3. The zero-order chi connectivity index (χ0) is 21.3. The molecule has 3 rings (SSSR count). The number of likely N-dealkylation sites (tertiary alicyclic amines) is 1. The number of para-hydroxylation sites is 1. The molecule has 158 valence electrons. The van der Waals surface area contributed by atoms with Crippen molar-refractivity contribution in [2.24, 2.45) is 0 Å². The molecule has 30 heavy (non-hydrogen) atoms. The molecule has 2 aromatic rings. The number of rotatable bonds is 7. The number of carbonyl (C=O) groups excluding carboxylic acids is 3. The van der Waals surface area contributed by atoms with E-state index in [-0.39, 0.29) is 11.9 Å². The largest absolute Gasteiger partial charge is 0.348 e. The number of benzene rings is 2. The van der Waals surface area contributed by atoms with Gasteiger partial charge in [-0.2, -0.15) is 0 Å². The molecule has 1 atom stereocenters. The van der Waals surface area contributed by atoms with E-state index in [4.69, 9.17) is 0 Å². The number of nitrogens with zero attached hydrogens (tertiary/aromatic N) is 1. The van der Waals surface area contributed by atoms with Crippen molar-refractivity contribution in [2.45, 2.75) is 32.4 Å². The van der Waals surface area contributed by atoms with Gasteiger partial charge in [0.15, 0.2) is 0 Å². The quantitative estimate of drug-likeness (QED) is 0.613. The van der Waals surface area contributed by atoms with E-state index in [9.17, 15) is 14.4 Å². The fourth-order valence-corrected chi connectivity index (χ4v) is 3.68. The molecule has 7 heteroatoms. The van der Waals surface area contributed by atoms with Gasteiger partial charge in [0.1, 0.15) is 0 Å². The summed E-state index contributed by atoms with van der Waals surface area (Å²) in [7, 11) is 0. The first-order chi connectivity index (χ1) is 14.6. The molecule has 0 spiro atoms. The van der Waals surface area contributed by atoms with Gasteiger partial charge in [0, 0.05) is 19.1 Å². The predicted molar refractivity (Wildman–Crippen MR) is 116 cm³/mol. The molecule has 0 aromatic heterocycles. The first-order valence-electron chi connectivity index (χ1n) is 10.3. The van der Waals surface area contributed by atoms with Crippen molar-refractivity contribution in [3.05, 3.63) is 65.7 Å². The summed E-state index contributed by atoms with van der Waals surface area (Å²) in [5.74, 6) is -1.79. The van der Waals surface area contributed by atoms with Crippen LogP contribution in [0.5, 0.6) is 0 Å². The third-order valence-electron chi connectivity index (χ3n) is 5.33. The van der Waals surface area contributed by atoms with E-state index < -0.39 is 11.8 Å². The van der Waals surface area contributed by atoms with Crippen LogP contribution in [0.3, 0.4) is 0 Å². The smallest absolute Gasteiger partial charge is 0.313 e.